The van der Waals surface area contributed by atoms with E-state index in [2.05, 4.69) is 3.80 Å². The Bertz CT molecular complexity index is 163. The maximum atomic E-state index is 11.5. The predicted molar refractivity (Wildman–Crippen MR) is 53.2 cm³/mol. The molecule has 0 radical (unpaired) electrons. The molecular weight excluding hydrogens is 210 g/mol. The Hall–Kier alpha value is 0.184. The second-order valence-electron chi connectivity index (χ2n) is 4.24. The first-order valence-electron chi connectivity index (χ1n) is 5.81. The first-order valence-corrected chi connectivity index (χ1v) is 6.59. The van der Waals surface area contributed by atoms with Crippen LogP contribution in [0.4, 0.5) is 0 Å². The maximum absolute atomic E-state index is 11.5. The van der Waals surface area contributed by atoms with Gasteiger partial charge in [0.15, 0.2) is 0 Å². The molecule has 1 N–H and O–H groups in total. The van der Waals surface area contributed by atoms with E-state index in [-0.39, 0.29) is 11.8 Å². The third-order valence-corrected chi connectivity index (χ3v) is 3.48. The Morgan fingerprint density at radius 1 is 0.929 bits per heavy atom. The van der Waals surface area contributed by atoms with E-state index in [1.165, 1.54) is 44.9 Å². The van der Waals surface area contributed by atoms with Gasteiger partial charge in [-0.2, -0.15) is 0 Å². The Balaban J connectivity index is 2.34. The van der Waals surface area contributed by atoms with Crippen LogP contribution < -0.4 is 3.80 Å². The molecule has 0 spiro atoms. The summed E-state index contributed by atoms with van der Waals surface area (Å²) in [6, 6.07) is 0. The van der Waals surface area contributed by atoms with Crippen LogP contribution in [-0.4, -0.2) is 5.91 Å². The fourth-order valence-electron chi connectivity index (χ4n) is 2.17. The van der Waals surface area contributed by atoms with Gasteiger partial charge in [-0.25, -0.2) is 0 Å². The van der Waals surface area contributed by atoms with Gasteiger partial charge in [-0.15, -0.1) is 0 Å². The number of hydrogen-bond acceptors (Lipinski definition) is 1. The summed E-state index contributed by atoms with van der Waals surface area (Å²) in [6.07, 6.45) is 11.4. The molecule has 79 valence electrons. The molecule has 0 aromatic carbocycles. The van der Waals surface area contributed by atoms with Crippen molar-refractivity contribution in [1.82, 2.24) is 3.80 Å². The van der Waals surface area contributed by atoms with Gasteiger partial charge >= 0.3 is 98.9 Å². The van der Waals surface area contributed by atoms with Crippen molar-refractivity contribution in [3.8, 4) is 0 Å². The minimum absolute atomic E-state index is 0.255. The van der Waals surface area contributed by atoms with E-state index in [4.69, 9.17) is 0 Å². The van der Waals surface area contributed by atoms with Crippen LogP contribution in [0.3, 0.4) is 0 Å². The van der Waals surface area contributed by atoms with Gasteiger partial charge in [0.25, 0.3) is 0 Å². The molecule has 0 aliphatic heterocycles. The number of nitrogens with one attached hydrogen (secondary N) is 1. The van der Waals surface area contributed by atoms with Gasteiger partial charge in [-0.3, -0.25) is 0 Å². The van der Waals surface area contributed by atoms with E-state index >= 15 is 0 Å². The van der Waals surface area contributed by atoms with Gasteiger partial charge in [0.1, 0.15) is 0 Å². The molecule has 1 aliphatic rings. The molecule has 0 aromatic rings. The third kappa shape index (κ3) is 4.61. The van der Waals surface area contributed by atoms with E-state index < -0.39 is 0 Å². The zero-order valence-corrected chi connectivity index (χ0v) is 10.4. The molecule has 0 atom stereocenters. The van der Waals surface area contributed by atoms with Crippen LogP contribution in [0.25, 0.3) is 0 Å². The Labute approximate surface area is 98.9 Å². The Morgan fingerprint density at radius 2 is 1.36 bits per heavy atom. The van der Waals surface area contributed by atoms with Gasteiger partial charge < -0.3 is 0 Å². The summed E-state index contributed by atoms with van der Waals surface area (Å²) < 4.78 is 2.78. The van der Waals surface area contributed by atoms with Crippen molar-refractivity contribution in [1.29, 1.82) is 0 Å². The Morgan fingerprint density at radius 3 is 1.79 bits per heavy atom. The van der Waals surface area contributed by atoms with Crippen LogP contribution in [0.5, 0.6) is 0 Å². The van der Waals surface area contributed by atoms with Gasteiger partial charge in [-0.05, 0) is 0 Å². The second kappa shape index (κ2) is 7.47. The van der Waals surface area contributed by atoms with Crippen LogP contribution >= 0.6 is 0 Å². The number of carbonyl (C=O) groups is 1. The van der Waals surface area contributed by atoms with E-state index in [0.29, 0.717) is 0 Å². The van der Waals surface area contributed by atoms with Crippen molar-refractivity contribution in [3.05, 3.63) is 0 Å². The van der Waals surface area contributed by atoms with Crippen LogP contribution in [0, 0.1) is 5.92 Å². The van der Waals surface area contributed by atoms with Crippen molar-refractivity contribution in [3.63, 3.8) is 0 Å². The summed E-state index contributed by atoms with van der Waals surface area (Å²) in [4.78, 5) is 11.5. The molecule has 1 fully saturated rings. The standard InChI is InChI=1S/C11H21NO.Ti/c12-11(13)10-8-6-4-2-1-3-5-7-9-10;/h10H,1-9H2,(H2,12,13);/q;+1/p-1. The summed E-state index contributed by atoms with van der Waals surface area (Å²) in [5.74, 6) is 0.545. The number of carbonyl (C=O) groups excluding carboxylic acids is 1. The molecule has 0 saturated heterocycles. The SMILES string of the molecule is O=C([NH][Ti])C1CCCCCCCCC1. The zero-order valence-electron chi connectivity index (χ0n) is 8.85. The summed E-state index contributed by atoms with van der Waals surface area (Å²) in [6.45, 7) is 0. The molecule has 3 heteroatoms. The molecule has 1 rings (SSSR count). The van der Waals surface area contributed by atoms with Crippen molar-refractivity contribution in [2.45, 2.75) is 57.8 Å². The molecule has 0 unspecified atom stereocenters. The third-order valence-electron chi connectivity index (χ3n) is 3.10. The fraction of sp³-hybridized carbons (Fsp3) is 0.909. The Kier molecular flexibility index (Phi) is 6.54. The monoisotopic (exact) mass is 230 g/mol. The van der Waals surface area contributed by atoms with Crippen LogP contribution in [0.1, 0.15) is 57.8 Å². The molecule has 0 heterocycles. The average molecular weight is 230 g/mol. The average Bonchev–Trinajstić information content (AvgIpc) is 2.24. The van der Waals surface area contributed by atoms with Crippen LogP contribution in [0.15, 0.2) is 0 Å². The van der Waals surface area contributed by atoms with Crippen molar-refractivity contribution < 1.29 is 25.5 Å². The van der Waals surface area contributed by atoms with E-state index in [1.807, 2.05) is 0 Å². The molecule has 0 aromatic heterocycles. The zero-order chi connectivity index (χ0) is 10.2. The van der Waals surface area contributed by atoms with Crippen LogP contribution in [0.2, 0.25) is 0 Å². The predicted octanol–water partition coefficient (Wildman–Crippen LogP) is 2.71. The molecule has 1 amide bonds. The van der Waals surface area contributed by atoms with E-state index in [9.17, 15) is 4.79 Å². The number of hydrogen-bond donors (Lipinski definition) is 1. The summed E-state index contributed by atoms with van der Waals surface area (Å²) in [5.41, 5.74) is 0. The first-order chi connectivity index (χ1) is 6.84. The van der Waals surface area contributed by atoms with E-state index in [0.717, 1.165) is 12.8 Å². The van der Waals surface area contributed by atoms with Gasteiger partial charge in [0, 0.05) is 0 Å². The summed E-state index contributed by atoms with van der Waals surface area (Å²) in [7, 11) is 0. The molecule has 14 heavy (non-hydrogen) atoms. The molecule has 1 aliphatic carbocycles. The van der Waals surface area contributed by atoms with E-state index in [1.54, 1.807) is 20.7 Å². The van der Waals surface area contributed by atoms with Gasteiger partial charge in [0.2, 0.25) is 0 Å². The van der Waals surface area contributed by atoms with Crippen molar-refractivity contribution in [2.75, 3.05) is 0 Å². The first kappa shape index (κ1) is 12.3. The summed E-state index contributed by atoms with van der Waals surface area (Å²) >= 11 is 1.75. The number of amides is 1. The molecule has 1 saturated carbocycles. The quantitative estimate of drug-likeness (QED) is 0.689. The molecular formula is C11H20NOTi. The molecule has 2 nitrogen and oxygen atoms in total. The summed E-state index contributed by atoms with van der Waals surface area (Å²) in [5, 5.41) is 0. The fourth-order valence-corrected chi connectivity index (χ4v) is 2.49. The van der Waals surface area contributed by atoms with Crippen molar-refractivity contribution >= 4 is 5.91 Å². The minimum atomic E-state index is 0.255. The topological polar surface area (TPSA) is 29.1 Å². The van der Waals surface area contributed by atoms with Gasteiger partial charge in [-0.1, -0.05) is 0 Å². The van der Waals surface area contributed by atoms with Crippen LogP contribution in [-0.2, 0) is 25.5 Å². The second-order valence-corrected chi connectivity index (χ2v) is 4.63. The molecule has 0 bridgehead atoms. The van der Waals surface area contributed by atoms with Gasteiger partial charge in [0.05, 0.1) is 0 Å². The number of rotatable bonds is 1. The van der Waals surface area contributed by atoms with Crippen molar-refractivity contribution in [2.24, 2.45) is 5.92 Å². The normalized spacial score (nSPS) is 21.4.